The third-order valence-electron chi connectivity index (χ3n) is 4.65. The molecule has 0 spiro atoms. The fourth-order valence-corrected chi connectivity index (χ4v) is 3.02. The van der Waals surface area contributed by atoms with E-state index in [1.807, 2.05) is 12.1 Å². The summed E-state index contributed by atoms with van der Waals surface area (Å²) in [7, 11) is 0. The van der Waals surface area contributed by atoms with Crippen LogP contribution in [-0.2, 0) is 0 Å². The van der Waals surface area contributed by atoms with E-state index in [2.05, 4.69) is 28.9 Å². The summed E-state index contributed by atoms with van der Waals surface area (Å²) < 4.78 is 0. The highest BCUT2D eigenvalue weighted by Crippen LogP contribution is 2.20. The van der Waals surface area contributed by atoms with Gasteiger partial charge in [0.2, 0.25) is 0 Å². The molecule has 25 heavy (non-hydrogen) atoms. The van der Waals surface area contributed by atoms with Crippen LogP contribution in [0.1, 0.15) is 12.5 Å². The fraction of sp³-hybridized carbons (Fsp3) is 0.316. The van der Waals surface area contributed by atoms with Crippen molar-refractivity contribution in [1.29, 1.82) is 0 Å². The number of likely N-dealkylation sites (N-methyl/N-ethyl adjacent to an activating group) is 1. The van der Waals surface area contributed by atoms with Gasteiger partial charge in [0, 0.05) is 24.0 Å². The molecule has 0 atom stereocenters. The standard InChI is InChI=1S/C19H22N4O2/c1-2-21-11-13-22(14-12-21)18-9-5-17(6-10-18)20-15-16-3-7-19(8-4-16)23(24)25/h3-10,15H,2,11-14H2,1H3/p+1. The molecule has 0 bridgehead atoms. The van der Waals surface area contributed by atoms with Crippen molar-refractivity contribution >= 4 is 23.3 Å². The first-order valence-corrected chi connectivity index (χ1v) is 8.63. The highest BCUT2D eigenvalue weighted by atomic mass is 16.6. The number of nitro benzene ring substituents is 1. The predicted molar refractivity (Wildman–Crippen MR) is 100 cm³/mol. The molecule has 1 aliphatic rings. The van der Waals surface area contributed by atoms with Gasteiger partial charge in [0.15, 0.2) is 0 Å². The summed E-state index contributed by atoms with van der Waals surface area (Å²) in [6.07, 6.45) is 1.72. The van der Waals surface area contributed by atoms with E-state index in [0.717, 1.165) is 24.3 Å². The number of hydrogen-bond acceptors (Lipinski definition) is 4. The minimum atomic E-state index is -0.401. The number of benzene rings is 2. The van der Waals surface area contributed by atoms with Crippen LogP contribution < -0.4 is 9.80 Å². The van der Waals surface area contributed by atoms with E-state index in [0.29, 0.717) is 0 Å². The molecule has 6 nitrogen and oxygen atoms in total. The lowest BCUT2D eigenvalue weighted by atomic mass is 10.2. The van der Waals surface area contributed by atoms with Crippen molar-refractivity contribution in [2.45, 2.75) is 6.92 Å². The molecule has 3 rings (SSSR count). The second kappa shape index (κ2) is 7.90. The first-order chi connectivity index (χ1) is 12.2. The van der Waals surface area contributed by atoms with Crippen LogP contribution in [0.2, 0.25) is 0 Å². The number of hydrogen-bond donors (Lipinski definition) is 1. The SMILES string of the molecule is CC[NH+]1CCN(c2ccc(N=Cc3ccc([N+](=O)[O-])cc3)cc2)CC1. The molecule has 0 aliphatic carbocycles. The molecule has 1 aliphatic heterocycles. The molecule has 0 saturated carbocycles. The zero-order valence-corrected chi connectivity index (χ0v) is 14.4. The Kier molecular flexibility index (Phi) is 5.40. The van der Waals surface area contributed by atoms with Crippen molar-refractivity contribution in [3.63, 3.8) is 0 Å². The second-order valence-corrected chi connectivity index (χ2v) is 6.21. The molecule has 0 amide bonds. The Morgan fingerprint density at radius 1 is 1.12 bits per heavy atom. The van der Waals surface area contributed by atoms with E-state index in [4.69, 9.17) is 0 Å². The summed E-state index contributed by atoms with van der Waals surface area (Å²) in [4.78, 5) is 18.8. The molecule has 6 heteroatoms. The summed E-state index contributed by atoms with van der Waals surface area (Å²) in [6.45, 7) is 8.00. The van der Waals surface area contributed by atoms with Gasteiger partial charge in [-0.05, 0) is 48.9 Å². The Bertz CT molecular complexity index is 733. The number of anilines is 1. The van der Waals surface area contributed by atoms with E-state index < -0.39 is 4.92 Å². The maximum absolute atomic E-state index is 10.7. The topological polar surface area (TPSA) is 63.2 Å². The maximum atomic E-state index is 10.7. The van der Waals surface area contributed by atoms with Crippen LogP contribution in [0.5, 0.6) is 0 Å². The number of non-ortho nitro benzene ring substituents is 1. The molecular weight excluding hydrogens is 316 g/mol. The molecule has 130 valence electrons. The van der Waals surface area contributed by atoms with Gasteiger partial charge < -0.3 is 9.80 Å². The average molecular weight is 339 g/mol. The van der Waals surface area contributed by atoms with Gasteiger partial charge in [0.05, 0.1) is 43.3 Å². The van der Waals surface area contributed by atoms with Gasteiger partial charge in [-0.1, -0.05) is 0 Å². The summed E-state index contributed by atoms with van der Waals surface area (Å²) in [5, 5.41) is 10.7. The highest BCUT2D eigenvalue weighted by molar-refractivity contribution is 5.82. The van der Waals surface area contributed by atoms with Crippen LogP contribution in [-0.4, -0.2) is 43.9 Å². The van der Waals surface area contributed by atoms with Gasteiger partial charge in [-0.2, -0.15) is 0 Å². The molecule has 0 aromatic heterocycles. The summed E-state index contributed by atoms with van der Waals surface area (Å²) in [5.74, 6) is 0. The smallest absolute Gasteiger partial charge is 0.269 e. The Morgan fingerprint density at radius 2 is 1.76 bits per heavy atom. The molecular formula is C19H23N4O2+. The molecule has 1 saturated heterocycles. The monoisotopic (exact) mass is 339 g/mol. The number of piperazine rings is 1. The molecule has 0 radical (unpaired) electrons. The lowest BCUT2D eigenvalue weighted by Crippen LogP contribution is -3.14. The van der Waals surface area contributed by atoms with Crippen molar-refractivity contribution in [2.75, 3.05) is 37.6 Å². The van der Waals surface area contributed by atoms with Crippen molar-refractivity contribution in [1.82, 2.24) is 0 Å². The summed E-state index contributed by atoms with van der Waals surface area (Å²) >= 11 is 0. The van der Waals surface area contributed by atoms with Crippen molar-refractivity contribution in [3.05, 3.63) is 64.2 Å². The van der Waals surface area contributed by atoms with Gasteiger partial charge in [0.25, 0.3) is 5.69 Å². The summed E-state index contributed by atoms with van der Waals surface area (Å²) in [5.41, 5.74) is 3.05. The van der Waals surface area contributed by atoms with Gasteiger partial charge in [0.1, 0.15) is 0 Å². The van der Waals surface area contributed by atoms with Crippen LogP contribution in [0, 0.1) is 10.1 Å². The van der Waals surface area contributed by atoms with Crippen LogP contribution in [0.4, 0.5) is 17.1 Å². The van der Waals surface area contributed by atoms with E-state index in [1.165, 1.54) is 37.5 Å². The number of quaternary nitrogens is 1. The maximum Gasteiger partial charge on any atom is 0.269 e. The number of aliphatic imine (C=N–C) groups is 1. The predicted octanol–water partition coefficient (Wildman–Crippen LogP) is 2.07. The van der Waals surface area contributed by atoms with Crippen molar-refractivity contribution < 1.29 is 9.82 Å². The molecule has 2 aromatic rings. The van der Waals surface area contributed by atoms with Crippen molar-refractivity contribution in [3.8, 4) is 0 Å². The highest BCUT2D eigenvalue weighted by Gasteiger charge is 2.18. The van der Waals surface area contributed by atoms with E-state index in [-0.39, 0.29) is 5.69 Å². The minimum Gasteiger partial charge on any atom is -0.360 e. The zero-order chi connectivity index (χ0) is 17.6. The fourth-order valence-electron chi connectivity index (χ4n) is 3.02. The average Bonchev–Trinajstić information content (AvgIpc) is 2.67. The molecule has 2 aromatic carbocycles. The molecule has 1 heterocycles. The molecule has 1 N–H and O–H groups in total. The Balaban J connectivity index is 1.61. The van der Waals surface area contributed by atoms with E-state index in [1.54, 1.807) is 23.2 Å². The van der Waals surface area contributed by atoms with E-state index >= 15 is 0 Å². The second-order valence-electron chi connectivity index (χ2n) is 6.21. The number of rotatable bonds is 5. The number of nitro groups is 1. The van der Waals surface area contributed by atoms with Crippen LogP contribution in [0.3, 0.4) is 0 Å². The van der Waals surface area contributed by atoms with Gasteiger partial charge in [-0.3, -0.25) is 15.1 Å². The zero-order valence-electron chi connectivity index (χ0n) is 14.4. The van der Waals surface area contributed by atoms with Crippen LogP contribution >= 0.6 is 0 Å². The number of nitrogens with zero attached hydrogens (tertiary/aromatic N) is 3. The quantitative estimate of drug-likeness (QED) is 0.515. The molecule has 0 unspecified atom stereocenters. The van der Waals surface area contributed by atoms with Crippen LogP contribution in [0.25, 0.3) is 0 Å². The lowest BCUT2D eigenvalue weighted by molar-refractivity contribution is -0.898. The Labute approximate surface area is 147 Å². The summed E-state index contributed by atoms with van der Waals surface area (Å²) in [6, 6.07) is 14.6. The normalized spacial score (nSPS) is 15.6. The van der Waals surface area contributed by atoms with Gasteiger partial charge in [-0.15, -0.1) is 0 Å². The first-order valence-electron chi connectivity index (χ1n) is 8.63. The first kappa shape index (κ1) is 17.1. The molecule has 1 fully saturated rings. The third kappa shape index (κ3) is 4.42. The van der Waals surface area contributed by atoms with Crippen molar-refractivity contribution in [2.24, 2.45) is 4.99 Å². The van der Waals surface area contributed by atoms with Gasteiger partial charge in [-0.25, -0.2) is 0 Å². The Hall–Kier alpha value is -2.73. The van der Waals surface area contributed by atoms with E-state index in [9.17, 15) is 10.1 Å². The minimum absolute atomic E-state index is 0.0894. The Morgan fingerprint density at radius 3 is 2.32 bits per heavy atom. The lowest BCUT2D eigenvalue weighted by Gasteiger charge is -2.33. The number of nitrogens with one attached hydrogen (secondary N) is 1. The third-order valence-corrected chi connectivity index (χ3v) is 4.65. The van der Waals surface area contributed by atoms with Crippen LogP contribution in [0.15, 0.2) is 53.5 Å². The largest absolute Gasteiger partial charge is 0.360 e. The van der Waals surface area contributed by atoms with Gasteiger partial charge >= 0.3 is 0 Å².